The molecule has 1 aromatic heterocycles. The summed E-state index contributed by atoms with van der Waals surface area (Å²) < 4.78 is 21.1. The third-order valence-electron chi connectivity index (χ3n) is 7.01. The summed E-state index contributed by atoms with van der Waals surface area (Å²) in [6.45, 7) is 1.59. The Morgan fingerprint density at radius 1 is 0.978 bits per heavy atom. The number of Topliss-reactive ketones (excluding diaryl/α,β-unsaturated/α-hetero) is 1. The average Bonchev–Trinajstić information content (AvgIpc) is 3.60. The monoisotopic (exact) mass is 677 g/mol. The van der Waals surface area contributed by atoms with Crippen LogP contribution in [0.1, 0.15) is 28.3 Å². The van der Waals surface area contributed by atoms with Crippen molar-refractivity contribution in [3.05, 3.63) is 135 Å². The molecule has 7 nitrogen and oxygen atoms in total. The van der Waals surface area contributed by atoms with Crippen molar-refractivity contribution in [3.8, 4) is 11.5 Å². The lowest BCUT2D eigenvalue weighted by Gasteiger charge is -2.23. The van der Waals surface area contributed by atoms with Crippen molar-refractivity contribution < 1.29 is 23.8 Å². The number of para-hydroxylation sites is 1. The fraction of sp³-hybridized carbons (Fsp3) is 0.0909. The average molecular weight is 679 g/mol. The van der Waals surface area contributed by atoms with E-state index >= 15 is 0 Å². The number of carbonyl (C=O) groups is 2. The number of ketones is 1. The second-order valence-electron chi connectivity index (χ2n) is 10.00. The van der Waals surface area contributed by atoms with E-state index in [4.69, 9.17) is 27.9 Å². The Hall–Kier alpha value is -4.22. The van der Waals surface area contributed by atoms with Crippen LogP contribution >= 0.6 is 46.3 Å². The molecule has 2 heterocycles. The molecule has 1 aliphatic rings. The maximum Gasteiger partial charge on any atom is 0.301 e. The van der Waals surface area contributed by atoms with Crippen molar-refractivity contribution in [2.24, 2.45) is 0 Å². The largest absolute Gasteiger partial charge is 0.507 e. The number of aliphatic hydroxyl groups is 1. The molecular weight excluding hydrogens is 656 g/mol. The van der Waals surface area contributed by atoms with Gasteiger partial charge in [0.1, 0.15) is 23.1 Å². The molecule has 0 saturated carbocycles. The Balaban J connectivity index is 1.40. The van der Waals surface area contributed by atoms with E-state index in [1.54, 1.807) is 55.5 Å². The minimum atomic E-state index is -1.11. The summed E-state index contributed by atoms with van der Waals surface area (Å²) in [6, 6.07) is 24.2. The summed E-state index contributed by atoms with van der Waals surface area (Å²) in [5.74, 6) is -1.42. The van der Waals surface area contributed by atoms with Crippen LogP contribution < -0.4 is 9.64 Å². The molecular formula is C33H22Cl2FN3O4S2. The number of aryl methyl sites for hydroxylation is 1. The van der Waals surface area contributed by atoms with Crippen LogP contribution in [0.5, 0.6) is 11.5 Å². The Labute approximate surface area is 275 Å². The lowest BCUT2D eigenvalue weighted by molar-refractivity contribution is -0.132. The number of hydrogen-bond acceptors (Lipinski definition) is 8. The van der Waals surface area contributed by atoms with Crippen LogP contribution in [0.4, 0.5) is 9.52 Å². The number of carbonyl (C=O) groups excluding carboxylic acids is 2. The summed E-state index contributed by atoms with van der Waals surface area (Å²) in [6.07, 6.45) is 0. The first-order chi connectivity index (χ1) is 21.7. The molecule has 1 fully saturated rings. The molecule has 45 heavy (non-hydrogen) atoms. The topological polar surface area (TPSA) is 92.6 Å². The highest BCUT2D eigenvalue weighted by atomic mass is 35.5. The minimum Gasteiger partial charge on any atom is -0.507 e. The van der Waals surface area contributed by atoms with Gasteiger partial charge in [0.15, 0.2) is 4.34 Å². The molecule has 1 amide bonds. The smallest absolute Gasteiger partial charge is 0.301 e. The standard InChI is InChI=1S/C33H22Cl2FN3O4S2/c1-18-10-11-20(15-26(18)36)29(40)27-28(19-6-5-9-24(14-19)43-23-7-3-2-4-8-23)39(31(42)30(27)41)32-37-38-33(45-32)44-17-21-12-13-22(34)16-25(21)35/h2-16,28,40H,17H2,1H3/b29-27+. The van der Waals surface area contributed by atoms with Crippen LogP contribution in [0.2, 0.25) is 10.0 Å². The highest BCUT2D eigenvalue weighted by Gasteiger charge is 2.48. The number of hydrogen-bond donors (Lipinski definition) is 1. The lowest BCUT2D eigenvalue weighted by atomic mass is 9.95. The number of ether oxygens (including phenoxy) is 1. The summed E-state index contributed by atoms with van der Waals surface area (Å²) in [7, 11) is 0. The molecule has 1 atom stereocenters. The summed E-state index contributed by atoms with van der Waals surface area (Å²) in [4.78, 5) is 28.4. The van der Waals surface area contributed by atoms with Crippen LogP contribution in [-0.4, -0.2) is 27.0 Å². The van der Waals surface area contributed by atoms with Gasteiger partial charge in [0.2, 0.25) is 5.13 Å². The van der Waals surface area contributed by atoms with Crippen molar-refractivity contribution in [1.82, 2.24) is 10.2 Å². The summed E-state index contributed by atoms with van der Waals surface area (Å²) in [5, 5.41) is 21.1. The van der Waals surface area contributed by atoms with Gasteiger partial charge in [-0.3, -0.25) is 14.5 Å². The Kier molecular flexibility index (Phi) is 8.91. The number of anilines is 1. The molecule has 12 heteroatoms. The zero-order chi connectivity index (χ0) is 31.7. The molecule has 1 saturated heterocycles. The number of amides is 1. The summed E-state index contributed by atoms with van der Waals surface area (Å²) in [5.41, 5.74) is 1.52. The Bertz CT molecular complexity index is 1970. The van der Waals surface area contributed by atoms with E-state index in [2.05, 4.69) is 10.2 Å². The summed E-state index contributed by atoms with van der Waals surface area (Å²) >= 11 is 14.8. The van der Waals surface area contributed by atoms with Gasteiger partial charge in [-0.25, -0.2) is 4.39 Å². The van der Waals surface area contributed by atoms with Gasteiger partial charge < -0.3 is 9.84 Å². The number of aliphatic hydroxyl groups excluding tert-OH is 1. The molecule has 0 radical (unpaired) electrons. The molecule has 226 valence electrons. The molecule has 6 rings (SSSR count). The van der Waals surface area contributed by atoms with Crippen LogP contribution in [0.3, 0.4) is 0 Å². The predicted molar refractivity (Wildman–Crippen MR) is 175 cm³/mol. The maximum atomic E-state index is 14.5. The normalized spacial score (nSPS) is 15.9. The van der Waals surface area contributed by atoms with Gasteiger partial charge in [-0.2, -0.15) is 0 Å². The minimum absolute atomic E-state index is 0.0612. The maximum absolute atomic E-state index is 14.5. The van der Waals surface area contributed by atoms with E-state index in [1.807, 2.05) is 24.3 Å². The molecule has 0 bridgehead atoms. The molecule has 1 aliphatic heterocycles. The van der Waals surface area contributed by atoms with Crippen molar-refractivity contribution in [3.63, 3.8) is 0 Å². The highest BCUT2D eigenvalue weighted by Crippen LogP contribution is 2.45. The lowest BCUT2D eigenvalue weighted by Crippen LogP contribution is -2.29. The quantitative estimate of drug-likeness (QED) is 0.0576. The first-order valence-corrected chi connectivity index (χ1v) is 16.1. The van der Waals surface area contributed by atoms with E-state index in [0.29, 0.717) is 42.8 Å². The predicted octanol–water partition coefficient (Wildman–Crippen LogP) is 9.00. The molecule has 1 N–H and O–H groups in total. The van der Waals surface area contributed by atoms with Gasteiger partial charge >= 0.3 is 5.91 Å². The third-order valence-corrected chi connectivity index (χ3v) is 9.70. The van der Waals surface area contributed by atoms with Crippen LogP contribution in [0, 0.1) is 12.7 Å². The molecule has 0 spiro atoms. The van der Waals surface area contributed by atoms with Gasteiger partial charge in [-0.15, -0.1) is 10.2 Å². The molecule has 0 aliphatic carbocycles. The first kappa shape index (κ1) is 30.8. The Morgan fingerprint density at radius 2 is 1.76 bits per heavy atom. The van der Waals surface area contributed by atoms with Gasteiger partial charge in [-0.1, -0.05) is 94.8 Å². The van der Waals surface area contributed by atoms with Crippen LogP contribution in [-0.2, 0) is 15.3 Å². The fourth-order valence-corrected chi connectivity index (χ4v) is 7.18. The van der Waals surface area contributed by atoms with Gasteiger partial charge in [-0.05, 0) is 66.1 Å². The van der Waals surface area contributed by atoms with Crippen molar-refractivity contribution in [2.75, 3.05) is 4.90 Å². The van der Waals surface area contributed by atoms with E-state index < -0.39 is 29.3 Å². The van der Waals surface area contributed by atoms with Gasteiger partial charge in [0.25, 0.3) is 5.78 Å². The molecule has 4 aromatic carbocycles. The van der Waals surface area contributed by atoms with E-state index in [1.165, 1.54) is 28.8 Å². The number of thioether (sulfide) groups is 1. The number of rotatable bonds is 8. The zero-order valence-corrected chi connectivity index (χ0v) is 26.6. The SMILES string of the molecule is Cc1ccc(/C(O)=C2\C(=O)C(=O)N(c3nnc(SCc4ccc(Cl)cc4Cl)s3)C2c2cccc(Oc3ccccc3)c2)cc1F. The third kappa shape index (κ3) is 6.46. The van der Waals surface area contributed by atoms with E-state index in [0.717, 1.165) is 23.0 Å². The second kappa shape index (κ2) is 13.0. The van der Waals surface area contributed by atoms with E-state index in [-0.39, 0.29) is 16.3 Å². The number of halogens is 3. The highest BCUT2D eigenvalue weighted by molar-refractivity contribution is 8.00. The number of aromatic nitrogens is 2. The Morgan fingerprint density at radius 3 is 2.51 bits per heavy atom. The number of benzene rings is 4. The van der Waals surface area contributed by atoms with Crippen LogP contribution in [0.25, 0.3) is 5.76 Å². The van der Waals surface area contributed by atoms with Crippen molar-refractivity contribution in [2.45, 2.75) is 23.1 Å². The fourth-order valence-electron chi connectivity index (χ4n) is 4.75. The molecule has 5 aromatic rings. The zero-order valence-electron chi connectivity index (χ0n) is 23.4. The van der Waals surface area contributed by atoms with E-state index in [9.17, 15) is 19.1 Å². The first-order valence-electron chi connectivity index (χ1n) is 13.5. The second-order valence-corrected chi connectivity index (χ2v) is 13.0. The van der Waals surface area contributed by atoms with Crippen molar-refractivity contribution in [1.29, 1.82) is 0 Å². The van der Waals surface area contributed by atoms with Gasteiger partial charge in [0.05, 0.1) is 11.6 Å². The van der Waals surface area contributed by atoms with Gasteiger partial charge in [0, 0.05) is 21.4 Å². The van der Waals surface area contributed by atoms with Crippen molar-refractivity contribution >= 4 is 68.9 Å². The number of nitrogens with zero attached hydrogens (tertiary/aromatic N) is 3. The molecule has 1 unspecified atom stereocenters. The van der Waals surface area contributed by atoms with Crippen LogP contribution in [0.15, 0.2) is 101 Å².